The standard InChI is InChI=1S/C15H18ClNO2/c1-10-8-15(2,3)17(14(18)9-16)13-7-11(19-4)5-6-12(10)13/h5-8H,9H2,1-4H3. The normalized spacial score (nSPS) is 16.7. The van der Waals surface area contributed by atoms with Crippen molar-refractivity contribution in [3.8, 4) is 5.75 Å². The minimum Gasteiger partial charge on any atom is -0.497 e. The molecule has 4 heteroatoms. The van der Waals surface area contributed by atoms with Crippen LogP contribution in [0.2, 0.25) is 0 Å². The van der Waals surface area contributed by atoms with E-state index in [0.29, 0.717) is 0 Å². The molecule has 0 fully saturated rings. The second-order valence-electron chi connectivity index (χ2n) is 5.23. The molecule has 1 heterocycles. The van der Waals surface area contributed by atoms with Gasteiger partial charge in [0.25, 0.3) is 0 Å². The van der Waals surface area contributed by atoms with Gasteiger partial charge < -0.3 is 9.64 Å². The van der Waals surface area contributed by atoms with E-state index in [1.807, 2.05) is 32.0 Å². The van der Waals surface area contributed by atoms with E-state index < -0.39 is 5.54 Å². The summed E-state index contributed by atoms with van der Waals surface area (Å²) in [5.74, 6) is 0.592. The maximum atomic E-state index is 12.2. The number of benzene rings is 1. The highest BCUT2D eigenvalue weighted by atomic mass is 35.5. The van der Waals surface area contributed by atoms with Gasteiger partial charge in [0.2, 0.25) is 5.91 Å². The Morgan fingerprint density at radius 2 is 2.11 bits per heavy atom. The third kappa shape index (κ3) is 2.35. The molecule has 0 saturated carbocycles. The number of ether oxygens (including phenoxy) is 1. The number of hydrogen-bond acceptors (Lipinski definition) is 2. The Balaban J connectivity index is 2.65. The lowest BCUT2D eigenvalue weighted by Crippen LogP contribution is -2.49. The highest BCUT2D eigenvalue weighted by Gasteiger charge is 2.35. The summed E-state index contributed by atoms with van der Waals surface area (Å²) in [5.41, 5.74) is 2.66. The van der Waals surface area contributed by atoms with Crippen LogP contribution in [-0.2, 0) is 4.79 Å². The molecular formula is C15H18ClNO2. The molecule has 0 radical (unpaired) electrons. The summed E-state index contributed by atoms with van der Waals surface area (Å²) in [6.45, 7) is 6.06. The third-order valence-electron chi connectivity index (χ3n) is 3.38. The summed E-state index contributed by atoms with van der Waals surface area (Å²) in [4.78, 5) is 13.9. The number of carbonyl (C=O) groups excluding carboxylic acids is 1. The first kappa shape index (κ1) is 13.9. The van der Waals surface area contributed by atoms with Crippen LogP contribution >= 0.6 is 11.6 Å². The van der Waals surface area contributed by atoms with Crippen LogP contribution in [0.25, 0.3) is 5.57 Å². The fraction of sp³-hybridized carbons (Fsp3) is 0.400. The summed E-state index contributed by atoms with van der Waals surface area (Å²) in [5, 5.41) is 0. The summed E-state index contributed by atoms with van der Waals surface area (Å²) in [6, 6.07) is 5.76. The van der Waals surface area contributed by atoms with Gasteiger partial charge in [-0.25, -0.2) is 0 Å². The zero-order valence-corrected chi connectivity index (χ0v) is 12.4. The van der Waals surface area contributed by atoms with Gasteiger partial charge in [-0.15, -0.1) is 11.6 Å². The number of allylic oxidation sites excluding steroid dienone is 1. The molecule has 0 unspecified atom stereocenters. The van der Waals surface area contributed by atoms with Crippen molar-refractivity contribution in [3.05, 3.63) is 29.8 Å². The lowest BCUT2D eigenvalue weighted by Gasteiger charge is -2.41. The molecule has 0 N–H and O–H groups in total. The van der Waals surface area contributed by atoms with Crippen LogP contribution in [0.1, 0.15) is 26.3 Å². The van der Waals surface area contributed by atoms with Crippen LogP contribution in [0.5, 0.6) is 5.75 Å². The van der Waals surface area contributed by atoms with E-state index in [4.69, 9.17) is 16.3 Å². The minimum atomic E-state index is -0.393. The Bertz CT molecular complexity index is 549. The Morgan fingerprint density at radius 3 is 2.68 bits per heavy atom. The molecule has 1 aliphatic rings. The third-order valence-corrected chi connectivity index (χ3v) is 3.61. The number of methoxy groups -OCH3 is 1. The van der Waals surface area contributed by atoms with E-state index in [9.17, 15) is 4.79 Å². The maximum Gasteiger partial charge on any atom is 0.242 e. The maximum absolute atomic E-state index is 12.2. The lowest BCUT2D eigenvalue weighted by atomic mass is 9.88. The summed E-state index contributed by atoms with van der Waals surface area (Å²) in [6.07, 6.45) is 2.09. The topological polar surface area (TPSA) is 29.5 Å². The monoisotopic (exact) mass is 279 g/mol. The smallest absolute Gasteiger partial charge is 0.242 e. The van der Waals surface area contributed by atoms with Crippen LogP contribution in [0.3, 0.4) is 0 Å². The molecule has 2 rings (SSSR count). The number of amides is 1. The first-order valence-corrected chi connectivity index (χ1v) is 6.71. The van der Waals surface area contributed by atoms with Crippen molar-refractivity contribution in [1.29, 1.82) is 0 Å². The van der Waals surface area contributed by atoms with Gasteiger partial charge in [-0.2, -0.15) is 0 Å². The molecule has 0 atom stereocenters. The predicted octanol–water partition coefficient (Wildman–Crippen LogP) is 3.46. The number of nitrogens with zero attached hydrogens (tertiary/aromatic N) is 1. The summed E-state index contributed by atoms with van der Waals surface area (Å²) < 4.78 is 5.25. The average Bonchev–Trinajstić information content (AvgIpc) is 2.36. The molecule has 102 valence electrons. The zero-order valence-electron chi connectivity index (χ0n) is 11.7. The van der Waals surface area contributed by atoms with E-state index in [1.54, 1.807) is 12.0 Å². The van der Waals surface area contributed by atoms with Crippen LogP contribution in [0, 0.1) is 0 Å². The number of carbonyl (C=O) groups is 1. The minimum absolute atomic E-state index is 0.0348. The van der Waals surface area contributed by atoms with E-state index in [0.717, 1.165) is 22.6 Å². The fourth-order valence-electron chi connectivity index (χ4n) is 2.65. The Kier molecular flexibility index (Phi) is 3.59. The molecule has 1 aromatic rings. The highest BCUT2D eigenvalue weighted by Crippen LogP contribution is 2.40. The van der Waals surface area contributed by atoms with Gasteiger partial charge in [-0.3, -0.25) is 4.79 Å². The number of anilines is 1. The number of halogens is 1. The fourth-order valence-corrected chi connectivity index (χ4v) is 2.77. The van der Waals surface area contributed by atoms with Crippen molar-refractivity contribution >= 4 is 28.8 Å². The van der Waals surface area contributed by atoms with Crippen molar-refractivity contribution in [2.75, 3.05) is 17.9 Å². The number of alkyl halides is 1. The molecule has 0 spiro atoms. The molecule has 3 nitrogen and oxygen atoms in total. The zero-order chi connectivity index (χ0) is 14.2. The van der Waals surface area contributed by atoms with E-state index in [2.05, 4.69) is 13.0 Å². The molecule has 1 aliphatic heterocycles. The van der Waals surface area contributed by atoms with Gasteiger partial charge in [0.15, 0.2) is 0 Å². The molecule has 1 amide bonds. The van der Waals surface area contributed by atoms with Gasteiger partial charge >= 0.3 is 0 Å². The lowest BCUT2D eigenvalue weighted by molar-refractivity contribution is -0.117. The van der Waals surface area contributed by atoms with Crippen LogP contribution in [0.15, 0.2) is 24.3 Å². The number of hydrogen-bond donors (Lipinski definition) is 0. The number of fused-ring (bicyclic) bond motifs is 1. The van der Waals surface area contributed by atoms with Gasteiger partial charge in [0.1, 0.15) is 11.6 Å². The molecule has 0 aromatic heterocycles. The molecule has 0 saturated heterocycles. The SMILES string of the molecule is COc1ccc2c(c1)N(C(=O)CCl)C(C)(C)C=C2C. The van der Waals surface area contributed by atoms with E-state index in [1.165, 1.54) is 0 Å². The Hall–Kier alpha value is -1.48. The largest absolute Gasteiger partial charge is 0.497 e. The Morgan fingerprint density at radius 1 is 1.42 bits per heavy atom. The molecular weight excluding hydrogens is 262 g/mol. The van der Waals surface area contributed by atoms with E-state index >= 15 is 0 Å². The first-order valence-electron chi connectivity index (χ1n) is 6.17. The summed E-state index contributed by atoms with van der Waals surface area (Å²) >= 11 is 5.75. The van der Waals surface area contributed by atoms with Crippen molar-refractivity contribution in [3.63, 3.8) is 0 Å². The first-order chi connectivity index (χ1) is 8.90. The van der Waals surface area contributed by atoms with Crippen molar-refractivity contribution < 1.29 is 9.53 Å². The van der Waals surface area contributed by atoms with Crippen LogP contribution < -0.4 is 9.64 Å². The van der Waals surface area contributed by atoms with Gasteiger partial charge in [0.05, 0.1) is 18.3 Å². The molecule has 0 bridgehead atoms. The van der Waals surface area contributed by atoms with Crippen molar-refractivity contribution in [1.82, 2.24) is 0 Å². The van der Waals surface area contributed by atoms with Gasteiger partial charge in [-0.05, 0) is 38.5 Å². The molecule has 1 aromatic carbocycles. The predicted molar refractivity (Wildman–Crippen MR) is 78.9 cm³/mol. The van der Waals surface area contributed by atoms with Gasteiger partial charge in [-0.1, -0.05) is 6.08 Å². The molecule has 0 aliphatic carbocycles. The molecule has 19 heavy (non-hydrogen) atoms. The highest BCUT2D eigenvalue weighted by molar-refractivity contribution is 6.29. The Labute approximate surface area is 118 Å². The van der Waals surface area contributed by atoms with Crippen molar-refractivity contribution in [2.45, 2.75) is 26.3 Å². The van der Waals surface area contributed by atoms with Crippen LogP contribution in [-0.4, -0.2) is 24.4 Å². The average molecular weight is 280 g/mol. The number of rotatable bonds is 2. The van der Waals surface area contributed by atoms with E-state index in [-0.39, 0.29) is 11.8 Å². The summed E-state index contributed by atoms with van der Waals surface area (Å²) in [7, 11) is 1.62. The second-order valence-corrected chi connectivity index (χ2v) is 5.49. The quantitative estimate of drug-likeness (QED) is 0.776. The van der Waals surface area contributed by atoms with Crippen molar-refractivity contribution in [2.24, 2.45) is 0 Å². The van der Waals surface area contributed by atoms with Crippen LogP contribution in [0.4, 0.5) is 5.69 Å². The van der Waals surface area contributed by atoms with Gasteiger partial charge in [0, 0.05) is 11.6 Å². The second kappa shape index (κ2) is 4.89.